The second-order valence-corrected chi connectivity index (χ2v) is 8.33. The molecule has 0 aromatic carbocycles. The molecule has 0 spiro atoms. The summed E-state index contributed by atoms with van der Waals surface area (Å²) in [5, 5.41) is 2.63. The molecular weight excluding hydrogens is 276 g/mol. The summed E-state index contributed by atoms with van der Waals surface area (Å²) in [5.74, 6) is 1.06. The molecule has 1 aliphatic heterocycles. The standard InChI is InChI=1S/C13H26N4O2S/c1-10(2)20(18,19)16-13-14-8-17(9-15-13)12-7-5-4-6-11(12)3/h10-12H,4-9H2,1-3H3,(H2,14,15,16)/t11-,12-/m1/s1. The van der Waals surface area contributed by atoms with Crippen LogP contribution in [0.15, 0.2) is 4.99 Å². The highest BCUT2D eigenvalue weighted by atomic mass is 32.2. The SMILES string of the molecule is CC(C)S(=O)(=O)NC1=NCN([C@@H]2CCCC[C@H]2C)CN1. The van der Waals surface area contributed by atoms with Gasteiger partial charge in [0.05, 0.1) is 18.6 Å². The van der Waals surface area contributed by atoms with Gasteiger partial charge in [0.1, 0.15) is 0 Å². The van der Waals surface area contributed by atoms with Gasteiger partial charge in [-0.25, -0.2) is 13.4 Å². The number of hydrogen-bond donors (Lipinski definition) is 2. The lowest BCUT2D eigenvalue weighted by Crippen LogP contribution is -2.55. The van der Waals surface area contributed by atoms with Gasteiger partial charge in [-0.3, -0.25) is 9.62 Å². The molecule has 0 bridgehead atoms. The van der Waals surface area contributed by atoms with Gasteiger partial charge < -0.3 is 5.32 Å². The minimum absolute atomic E-state index is 0.374. The summed E-state index contributed by atoms with van der Waals surface area (Å²) in [6.45, 7) is 6.83. The van der Waals surface area contributed by atoms with E-state index in [9.17, 15) is 8.42 Å². The topological polar surface area (TPSA) is 73.8 Å². The molecule has 0 unspecified atom stereocenters. The number of rotatable bonds is 3. The number of nitrogens with one attached hydrogen (secondary N) is 2. The minimum Gasteiger partial charge on any atom is -0.343 e. The molecule has 2 rings (SSSR count). The van der Waals surface area contributed by atoms with E-state index >= 15 is 0 Å². The van der Waals surface area contributed by atoms with E-state index in [0.29, 0.717) is 31.3 Å². The van der Waals surface area contributed by atoms with Crippen molar-refractivity contribution in [3.8, 4) is 0 Å². The molecule has 116 valence electrons. The van der Waals surface area contributed by atoms with Crippen LogP contribution in [-0.2, 0) is 10.0 Å². The van der Waals surface area contributed by atoms with Gasteiger partial charge in [0, 0.05) is 6.04 Å². The summed E-state index contributed by atoms with van der Waals surface area (Å²) in [6, 6.07) is 0.559. The number of sulfonamides is 1. The van der Waals surface area contributed by atoms with E-state index in [-0.39, 0.29) is 0 Å². The first-order chi connectivity index (χ1) is 9.40. The first kappa shape index (κ1) is 15.6. The molecule has 2 N–H and O–H groups in total. The summed E-state index contributed by atoms with van der Waals surface area (Å²) in [5.41, 5.74) is 0. The summed E-state index contributed by atoms with van der Waals surface area (Å²) in [7, 11) is -3.31. The van der Waals surface area contributed by atoms with E-state index < -0.39 is 15.3 Å². The molecule has 6 nitrogen and oxygen atoms in total. The maximum Gasteiger partial charge on any atom is 0.237 e. The van der Waals surface area contributed by atoms with Crippen molar-refractivity contribution in [3.63, 3.8) is 0 Å². The van der Waals surface area contributed by atoms with Crippen molar-refractivity contribution in [1.82, 2.24) is 14.9 Å². The van der Waals surface area contributed by atoms with E-state index in [2.05, 4.69) is 26.9 Å². The zero-order valence-electron chi connectivity index (χ0n) is 12.6. The fraction of sp³-hybridized carbons (Fsp3) is 0.923. The first-order valence-electron chi connectivity index (χ1n) is 7.44. The van der Waals surface area contributed by atoms with Crippen LogP contribution >= 0.6 is 0 Å². The van der Waals surface area contributed by atoms with Crippen LogP contribution in [0.3, 0.4) is 0 Å². The molecule has 2 atom stereocenters. The van der Waals surface area contributed by atoms with Gasteiger partial charge in [-0.2, -0.15) is 0 Å². The van der Waals surface area contributed by atoms with Crippen LogP contribution in [0, 0.1) is 5.92 Å². The molecule has 0 aromatic heterocycles. The van der Waals surface area contributed by atoms with Crippen molar-refractivity contribution in [2.24, 2.45) is 10.9 Å². The predicted molar refractivity (Wildman–Crippen MR) is 80.8 cm³/mol. The zero-order chi connectivity index (χ0) is 14.8. The fourth-order valence-electron chi connectivity index (χ4n) is 2.83. The molecule has 2 aliphatic rings. The van der Waals surface area contributed by atoms with E-state index in [1.54, 1.807) is 13.8 Å². The average molecular weight is 302 g/mol. The molecule has 1 saturated carbocycles. The van der Waals surface area contributed by atoms with Crippen molar-refractivity contribution in [1.29, 1.82) is 0 Å². The maximum absolute atomic E-state index is 11.8. The molecule has 1 aliphatic carbocycles. The summed E-state index contributed by atoms with van der Waals surface area (Å²) < 4.78 is 26.1. The number of hydrogen-bond acceptors (Lipinski definition) is 5. The van der Waals surface area contributed by atoms with Crippen LogP contribution in [-0.4, -0.2) is 43.9 Å². The normalized spacial score (nSPS) is 28.9. The minimum atomic E-state index is -3.31. The van der Waals surface area contributed by atoms with Crippen molar-refractivity contribution >= 4 is 16.0 Å². The van der Waals surface area contributed by atoms with E-state index in [1.807, 2.05) is 0 Å². The van der Waals surface area contributed by atoms with Crippen LogP contribution < -0.4 is 10.0 Å². The van der Waals surface area contributed by atoms with Gasteiger partial charge in [0.2, 0.25) is 16.0 Å². The fourth-order valence-corrected chi connectivity index (χ4v) is 3.47. The Labute approximate surface area is 122 Å². The summed E-state index contributed by atoms with van der Waals surface area (Å²) in [6.07, 6.45) is 5.09. The quantitative estimate of drug-likeness (QED) is 0.818. The maximum atomic E-state index is 11.8. The Kier molecular flexibility index (Phi) is 4.90. The summed E-state index contributed by atoms with van der Waals surface area (Å²) in [4.78, 5) is 6.63. The molecular formula is C13H26N4O2S. The lowest BCUT2D eigenvalue weighted by molar-refractivity contribution is 0.106. The Morgan fingerprint density at radius 1 is 1.35 bits per heavy atom. The van der Waals surface area contributed by atoms with Crippen LogP contribution in [0.1, 0.15) is 46.5 Å². The van der Waals surface area contributed by atoms with Gasteiger partial charge in [-0.05, 0) is 32.6 Å². The van der Waals surface area contributed by atoms with Gasteiger partial charge >= 0.3 is 0 Å². The largest absolute Gasteiger partial charge is 0.343 e. The van der Waals surface area contributed by atoms with Crippen molar-refractivity contribution in [2.75, 3.05) is 13.3 Å². The molecule has 0 saturated heterocycles. The Morgan fingerprint density at radius 3 is 2.60 bits per heavy atom. The average Bonchev–Trinajstić information content (AvgIpc) is 2.40. The number of nitrogens with zero attached hydrogens (tertiary/aromatic N) is 2. The third-order valence-electron chi connectivity index (χ3n) is 4.25. The van der Waals surface area contributed by atoms with Crippen LogP contribution in [0.2, 0.25) is 0 Å². The van der Waals surface area contributed by atoms with E-state index in [1.165, 1.54) is 25.7 Å². The second kappa shape index (κ2) is 6.30. The number of aliphatic imine (C=N–C) groups is 1. The second-order valence-electron chi connectivity index (χ2n) is 6.10. The third-order valence-corrected chi connectivity index (χ3v) is 5.97. The van der Waals surface area contributed by atoms with Crippen LogP contribution in [0.5, 0.6) is 0 Å². The van der Waals surface area contributed by atoms with Crippen LogP contribution in [0.4, 0.5) is 0 Å². The van der Waals surface area contributed by atoms with E-state index in [4.69, 9.17) is 0 Å². The van der Waals surface area contributed by atoms with Gasteiger partial charge in [0.15, 0.2) is 0 Å². The Balaban J connectivity index is 1.93. The lowest BCUT2D eigenvalue weighted by Gasteiger charge is -2.39. The van der Waals surface area contributed by atoms with Crippen molar-refractivity contribution < 1.29 is 8.42 Å². The predicted octanol–water partition coefficient (Wildman–Crippen LogP) is 1.07. The van der Waals surface area contributed by atoms with Gasteiger partial charge in [-0.1, -0.05) is 19.8 Å². The van der Waals surface area contributed by atoms with Crippen molar-refractivity contribution in [3.05, 3.63) is 0 Å². The van der Waals surface area contributed by atoms with Crippen molar-refractivity contribution in [2.45, 2.75) is 57.7 Å². The molecule has 20 heavy (non-hydrogen) atoms. The lowest BCUT2D eigenvalue weighted by atomic mass is 9.85. The highest BCUT2D eigenvalue weighted by Crippen LogP contribution is 2.28. The molecule has 7 heteroatoms. The Bertz CT molecular complexity index is 461. The van der Waals surface area contributed by atoms with Gasteiger partial charge in [-0.15, -0.1) is 0 Å². The molecule has 0 amide bonds. The van der Waals surface area contributed by atoms with Gasteiger partial charge in [0.25, 0.3) is 0 Å². The molecule has 0 aromatic rings. The third kappa shape index (κ3) is 3.63. The summed E-state index contributed by atoms with van der Waals surface area (Å²) >= 11 is 0. The zero-order valence-corrected chi connectivity index (χ0v) is 13.4. The Hall–Kier alpha value is -0.820. The molecule has 1 fully saturated rings. The van der Waals surface area contributed by atoms with Crippen LogP contribution in [0.25, 0.3) is 0 Å². The smallest absolute Gasteiger partial charge is 0.237 e. The highest BCUT2D eigenvalue weighted by Gasteiger charge is 2.29. The molecule has 1 heterocycles. The Morgan fingerprint density at radius 2 is 2.05 bits per heavy atom. The number of guanidine groups is 1. The monoisotopic (exact) mass is 302 g/mol. The highest BCUT2D eigenvalue weighted by molar-refractivity contribution is 7.90. The first-order valence-corrected chi connectivity index (χ1v) is 8.99. The van der Waals surface area contributed by atoms with E-state index in [0.717, 1.165) is 0 Å². The molecule has 0 radical (unpaired) electrons.